The normalized spacial score (nSPS) is 12.8. The Labute approximate surface area is 115 Å². The number of rotatable bonds is 6. The minimum atomic E-state index is -4.81. The van der Waals surface area contributed by atoms with E-state index in [1.165, 1.54) is 18.2 Å². The molecule has 1 amide bonds. The van der Waals surface area contributed by atoms with Gasteiger partial charge in [-0.25, -0.2) is 0 Å². The SMILES string of the molecule is CCCC(N)CC(=O)Nc1ccccc1OC(F)(F)F. The topological polar surface area (TPSA) is 64.4 Å². The lowest BCUT2D eigenvalue weighted by Crippen LogP contribution is -2.27. The van der Waals surface area contributed by atoms with Crippen molar-refractivity contribution in [1.29, 1.82) is 0 Å². The molecule has 1 aromatic carbocycles. The van der Waals surface area contributed by atoms with Gasteiger partial charge in [0.25, 0.3) is 0 Å². The zero-order valence-corrected chi connectivity index (χ0v) is 11.0. The summed E-state index contributed by atoms with van der Waals surface area (Å²) in [5.41, 5.74) is 5.68. The number of nitrogens with two attached hydrogens (primary N) is 1. The van der Waals surface area contributed by atoms with E-state index < -0.39 is 18.0 Å². The number of nitrogens with one attached hydrogen (secondary N) is 1. The van der Waals surface area contributed by atoms with Crippen LogP contribution in [0, 0.1) is 0 Å². The first-order valence-electron chi connectivity index (χ1n) is 6.22. The Morgan fingerprint density at radius 1 is 1.40 bits per heavy atom. The van der Waals surface area contributed by atoms with Crippen molar-refractivity contribution < 1.29 is 22.7 Å². The zero-order chi connectivity index (χ0) is 15.2. The lowest BCUT2D eigenvalue weighted by molar-refractivity contribution is -0.274. The van der Waals surface area contributed by atoms with Crippen LogP contribution in [0.25, 0.3) is 0 Å². The van der Waals surface area contributed by atoms with Crippen LogP contribution in [0.2, 0.25) is 0 Å². The van der Waals surface area contributed by atoms with Crippen LogP contribution >= 0.6 is 0 Å². The molecule has 0 aliphatic heterocycles. The number of hydrogen-bond donors (Lipinski definition) is 2. The van der Waals surface area contributed by atoms with E-state index in [1.54, 1.807) is 0 Å². The van der Waals surface area contributed by atoms with Gasteiger partial charge >= 0.3 is 6.36 Å². The number of alkyl halides is 3. The lowest BCUT2D eigenvalue weighted by Gasteiger charge is -2.15. The molecule has 0 fully saturated rings. The Kier molecular flexibility index (Phi) is 5.82. The first kappa shape index (κ1) is 16.3. The molecule has 112 valence electrons. The Hall–Kier alpha value is -1.76. The number of hydrogen-bond acceptors (Lipinski definition) is 3. The van der Waals surface area contributed by atoms with Crippen molar-refractivity contribution in [2.24, 2.45) is 5.73 Å². The molecule has 0 saturated carbocycles. The maximum absolute atomic E-state index is 12.2. The molecular formula is C13H17F3N2O2. The number of carbonyl (C=O) groups excluding carboxylic acids is 1. The molecule has 1 rings (SSSR count). The quantitative estimate of drug-likeness (QED) is 0.846. The van der Waals surface area contributed by atoms with E-state index in [-0.39, 0.29) is 18.2 Å². The second-order valence-corrected chi connectivity index (χ2v) is 4.35. The Balaban J connectivity index is 2.70. The fraction of sp³-hybridized carbons (Fsp3) is 0.462. The van der Waals surface area contributed by atoms with E-state index in [0.717, 1.165) is 12.5 Å². The molecule has 1 aromatic rings. The summed E-state index contributed by atoms with van der Waals surface area (Å²) >= 11 is 0. The minimum Gasteiger partial charge on any atom is -0.404 e. The largest absolute Gasteiger partial charge is 0.573 e. The Morgan fingerprint density at radius 3 is 2.65 bits per heavy atom. The van der Waals surface area contributed by atoms with Gasteiger partial charge in [0.05, 0.1) is 5.69 Å². The average Bonchev–Trinajstić information content (AvgIpc) is 2.30. The van der Waals surface area contributed by atoms with Gasteiger partial charge in [-0.2, -0.15) is 0 Å². The molecule has 0 bridgehead atoms. The number of amides is 1. The second-order valence-electron chi connectivity index (χ2n) is 4.35. The highest BCUT2D eigenvalue weighted by Gasteiger charge is 2.32. The first-order chi connectivity index (χ1) is 9.31. The molecule has 0 heterocycles. The number of carbonyl (C=O) groups is 1. The van der Waals surface area contributed by atoms with Gasteiger partial charge in [0.2, 0.25) is 5.91 Å². The van der Waals surface area contributed by atoms with E-state index >= 15 is 0 Å². The van der Waals surface area contributed by atoms with Crippen molar-refractivity contribution in [3.8, 4) is 5.75 Å². The molecular weight excluding hydrogens is 273 g/mol. The molecule has 0 radical (unpaired) electrons. The molecule has 7 heteroatoms. The van der Waals surface area contributed by atoms with Crippen LogP contribution in [0.1, 0.15) is 26.2 Å². The van der Waals surface area contributed by atoms with Crippen molar-refractivity contribution in [1.82, 2.24) is 0 Å². The van der Waals surface area contributed by atoms with Crippen LogP contribution < -0.4 is 15.8 Å². The van der Waals surface area contributed by atoms with Crippen LogP contribution in [-0.2, 0) is 4.79 Å². The highest BCUT2D eigenvalue weighted by molar-refractivity contribution is 5.92. The van der Waals surface area contributed by atoms with E-state index in [1.807, 2.05) is 6.92 Å². The summed E-state index contributed by atoms with van der Waals surface area (Å²) in [5, 5.41) is 2.38. The summed E-state index contributed by atoms with van der Waals surface area (Å²) in [4.78, 5) is 11.7. The Bertz CT molecular complexity index is 449. The molecule has 1 atom stereocenters. The summed E-state index contributed by atoms with van der Waals surface area (Å²) < 4.78 is 40.5. The molecule has 1 unspecified atom stereocenters. The van der Waals surface area contributed by atoms with Gasteiger partial charge in [0.1, 0.15) is 0 Å². The third-order valence-corrected chi connectivity index (χ3v) is 2.49. The van der Waals surface area contributed by atoms with Gasteiger partial charge in [0.15, 0.2) is 5.75 Å². The summed E-state index contributed by atoms with van der Waals surface area (Å²) in [7, 11) is 0. The second kappa shape index (κ2) is 7.14. The minimum absolute atomic E-state index is 0.0291. The molecule has 20 heavy (non-hydrogen) atoms. The molecule has 0 aliphatic rings. The monoisotopic (exact) mass is 290 g/mol. The average molecular weight is 290 g/mol. The standard InChI is InChI=1S/C13H17F3N2O2/c1-2-5-9(17)8-12(19)18-10-6-3-4-7-11(10)20-13(14,15)16/h3-4,6-7,9H,2,5,8,17H2,1H3,(H,18,19). The summed E-state index contributed by atoms with van der Waals surface area (Å²) in [6.07, 6.45) is -3.25. The highest BCUT2D eigenvalue weighted by Crippen LogP contribution is 2.29. The number of benzene rings is 1. The molecule has 0 spiro atoms. The van der Waals surface area contributed by atoms with Gasteiger partial charge in [0, 0.05) is 12.5 Å². The third kappa shape index (κ3) is 5.92. The van der Waals surface area contributed by atoms with Crippen LogP contribution in [0.15, 0.2) is 24.3 Å². The first-order valence-corrected chi connectivity index (χ1v) is 6.22. The number of halogens is 3. The number of ether oxygens (including phenoxy) is 1. The summed E-state index contributed by atoms with van der Waals surface area (Å²) in [5.74, 6) is -0.887. The van der Waals surface area contributed by atoms with E-state index in [9.17, 15) is 18.0 Å². The smallest absolute Gasteiger partial charge is 0.404 e. The van der Waals surface area contributed by atoms with Gasteiger partial charge in [-0.3, -0.25) is 4.79 Å². The van der Waals surface area contributed by atoms with Crippen molar-refractivity contribution in [3.63, 3.8) is 0 Å². The fourth-order valence-corrected chi connectivity index (χ4v) is 1.70. The number of para-hydroxylation sites is 2. The zero-order valence-electron chi connectivity index (χ0n) is 11.0. The predicted octanol–water partition coefficient (Wildman–Crippen LogP) is 3.04. The fourth-order valence-electron chi connectivity index (χ4n) is 1.70. The van der Waals surface area contributed by atoms with Crippen molar-refractivity contribution in [2.45, 2.75) is 38.6 Å². The maximum Gasteiger partial charge on any atom is 0.573 e. The third-order valence-electron chi connectivity index (χ3n) is 2.49. The van der Waals surface area contributed by atoms with E-state index in [0.29, 0.717) is 6.42 Å². The summed E-state index contributed by atoms with van der Waals surface area (Å²) in [6.45, 7) is 1.93. The van der Waals surface area contributed by atoms with Crippen molar-refractivity contribution in [3.05, 3.63) is 24.3 Å². The predicted molar refractivity (Wildman–Crippen MR) is 69.3 cm³/mol. The molecule has 0 aliphatic carbocycles. The van der Waals surface area contributed by atoms with Gasteiger partial charge < -0.3 is 15.8 Å². The summed E-state index contributed by atoms with van der Waals surface area (Å²) in [6, 6.07) is 5.06. The van der Waals surface area contributed by atoms with Gasteiger partial charge in [-0.1, -0.05) is 25.5 Å². The molecule has 0 aromatic heterocycles. The van der Waals surface area contributed by atoms with Gasteiger partial charge in [-0.15, -0.1) is 13.2 Å². The van der Waals surface area contributed by atoms with Crippen LogP contribution in [0.4, 0.5) is 18.9 Å². The van der Waals surface area contributed by atoms with Crippen LogP contribution in [-0.4, -0.2) is 18.3 Å². The van der Waals surface area contributed by atoms with Crippen molar-refractivity contribution >= 4 is 11.6 Å². The lowest BCUT2D eigenvalue weighted by atomic mass is 10.1. The van der Waals surface area contributed by atoms with E-state index in [4.69, 9.17) is 5.73 Å². The Morgan fingerprint density at radius 2 is 2.05 bits per heavy atom. The maximum atomic E-state index is 12.2. The van der Waals surface area contributed by atoms with E-state index in [2.05, 4.69) is 10.1 Å². The van der Waals surface area contributed by atoms with Gasteiger partial charge in [-0.05, 0) is 18.6 Å². The number of anilines is 1. The highest BCUT2D eigenvalue weighted by atomic mass is 19.4. The van der Waals surface area contributed by atoms with Crippen LogP contribution in [0.3, 0.4) is 0 Å². The molecule has 4 nitrogen and oxygen atoms in total. The van der Waals surface area contributed by atoms with Crippen molar-refractivity contribution in [2.75, 3.05) is 5.32 Å². The molecule has 3 N–H and O–H groups in total. The molecule has 0 saturated heterocycles. The van der Waals surface area contributed by atoms with Crippen LogP contribution in [0.5, 0.6) is 5.75 Å².